The maximum Gasteiger partial charge on any atom is 0.136 e. The number of fused-ring (bicyclic) bond motifs is 1. The lowest BCUT2D eigenvalue weighted by Crippen LogP contribution is -2.29. The van der Waals surface area contributed by atoms with Gasteiger partial charge in [0.1, 0.15) is 5.76 Å². The van der Waals surface area contributed by atoms with Crippen LogP contribution >= 0.6 is 15.9 Å². The maximum atomic E-state index is 5.69. The van der Waals surface area contributed by atoms with Crippen molar-refractivity contribution >= 4 is 26.7 Å². The summed E-state index contributed by atoms with van der Waals surface area (Å²) >= 11 is 3.48. The van der Waals surface area contributed by atoms with Crippen molar-refractivity contribution in [1.29, 1.82) is 0 Å². The van der Waals surface area contributed by atoms with Crippen molar-refractivity contribution in [3.05, 3.63) is 70.6 Å². The Morgan fingerprint density at radius 2 is 1.90 bits per heavy atom. The number of benzene rings is 2. The molecule has 0 aliphatic heterocycles. The van der Waals surface area contributed by atoms with E-state index in [1.165, 1.54) is 16.3 Å². The Balaban J connectivity index is 1.98. The van der Waals surface area contributed by atoms with E-state index in [9.17, 15) is 0 Å². The van der Waals surface area contributed by atoms with Crippen molar-refractivity contribution in [2.75, 3.05) is 0 Å². The fraction of sp³-hybridized carbons (Fsp3) is 0.125. The quantitative estimate of drug-likeness (QED) is 0.562. The van der Waals surface area contributed by atoms with Gasteiger partial charge in [0.15, 0.2) is 0 Å². The van der Waals surface area contributed by atoms with Crippen molar-refractivity contribution in [3.63, 3.8) is 0 Å². The molecule has 20 heavy (non-hydrogen) atoms. The Labute approximate surface area is 125 Å². The highest BCUT2D eigenvalue weighted by molar-refractivity contribution is 9.10. The van der Waals surface area contributed by atoms with Crippen LogP contribution < -0.4 is 11.3 Å². The zero-order valence-electron chi connectivity index (χ0n) is 10.8. The summed E-state index contributed by atoms with van der Waals surface area (Å²) < 4.78 is 6.44. The van der Waals surface area contributed by atoms with Crippen LogP contribution in [0.4, 0.5) is 0 Å². The van der Waals surface area contributed by atoms with E-state index >= 15 is 0 Å². The van der Waals surface area contributed by atoms with Gasteiger partial charge in [-0.25, -0.2) is 5.43 Å². The van der Waals surface area contributed by atoms with E-state index in [0.29, 0.717) is 0 Å². The van der Waals surface area contributed by atoms with Gasteiger partial charge in [0.25, 0.3) is 0 Å². The van der Waals surface area contributed by atoms with Gasteiger partial charge in [-0.2, -0.15) is 0 Å². The van der Waals surface area contributed by atoms with Gasteiger partial charge in [0.05, 0.1) is 16.8 Å². The summed E-state index contributed by atoms with van der Waals surface area (Å²) in [6.07, 6.45) is 2.43. The second-order valence-corrected chi connectivity index (χ2v) is 5.55. The molecule has 0 saturated carbocycles. The van der Waals surface area contributed by atoms with Gasteiger partial charge in [-0.15, -0.1) is 0 Å². The molecular weight excluding hydrogens is 316 g/mol. The van der Waals surface area contributed by atoms with Gasteiger partial charge in [-0.05, 0) is 44.8 Å². The van der Waals surface area contributed by atoms with E-state index < -0.39 is 0 Å². The Bertz CT molecular complexity index is 718. The molecule has 3 nitrogen and oxygen atoms in total. The van der Waals surface area contributed by atoms with Gasteiger partial charge in [-0.1, -0.05) is 42.5 Å². The van der Waals surface area contributed by atoms with Crippen molar-refractivity contribution in [2.24, 2.45) is 5.84 Å². The zero-order chi connectivity index (χ0) is 13.9. The molecule has 0 bridgehead atoms. The molecule has 1 atom stereocenters. The molecule has 102 valence electrons. The topological polar surface area (TPSA) is 51.2 Å². The van der Waals surface area contributed by atoms with Gasteiger partial charge in [0, 0.05) is 0 Å². The first-order valence-corrected chi connectivity index (χ1v) is 7.24. The Morgan fingerprint density at radius 3 is 2.65 bits per heavy atom. The van der Waals surface area contributed by atoms with E-state index in [0.717, 1.165) is 16.7 Å². The summed E-state index contributed by atoms with van der Waals surface area (Å²) in [6, 6.07) is 16.5. The highest BCUT2D eigenvalue weighted by Gasteiger charge is 2.18. The molecule has 1 unspecified atom stereocenters. The van der Waals surface area contributed by atoms with Crippen LogP contribution in [0, 0.1) is 0 Å². The van der Waals surface area contributed by atoms with Crippen LogP contribution in [0.15, 0.2) is 63.7 Å². The second-order valence-electron chi connectivity index (χ2n) is 4.69. The van der Waals surface area contributed by atoms with Crippen molar-refractivity contribution in [3.8, 4) is 0 Å². The molecule has 0 aliphatic rings. The van der Waals surface area contributed by atoms with Crippen LogP contribution in [-0.4, -0.2) is 0 Å². The number of hydrazine groups is 1. The van der Waals surface area contributed by atoms with E-state index in [-0.39, 0.29) is 6.04 Å². The third kappa shape index (κ3) is 2.50. The monoisotopic (exact) mass is 330 g/mol. The van der Waals surface area contributed by atoms with Crippen LogP contribution in [0.25, 0.3) is 10.8 Å². The number of hydrogen-bond donors (Lipinski definition) is 2. The van der Waals surface area contributed by atoms with Crippen LogP contribution in [0.3, 0.4) is 0 Å². The average molecular weight is 331 g/mol. The second kappa shape index (κ2) is 5.79. The van der Waals surface area contributed by atoms with E-state index in [2.05, 4.69) is 57.8 Å². The molecule has 0 fully saturated rings. The van der Waals surface area contributed by atoms with Gasteiger partial charge < -0.3 is 4.42 Å². The summed E-state index contributed by atoms with van der Waals surface area (Å²) in [5.41, 5.74) is 4.08. The SMILES string of the molecule is NNC(Cc1cccc2ccccc12)c1occc1Br. The predicted octanol–water partition coefficient (Wildman–Crippen LogP) is 3.94. The lowest BCUT2D eigenvalue weighted by molar-refractivity contribution is 0.414. The van der Waals surface area contributed by atoms with E-state index in [4.69, 9.17) is 10.3 Å². The molecule has 1 heterocycles. The molecule has 0 saturated heterocycles. The van der Waals surface area contributed by atoms with Crippen LogP contribution in [0.5, 0.6) is 0 Å². The summed E-state index contributed by atoms with van der Waals surface area (Å²) in [7, 11) is 0. The first-order valence-electron chi connectivity index (χ1n) is 6.45. The number of hydrogen-bond acceptors (Lipinski definition) is 3. The molecule has 0 amide bonds. The maximum absolute atomic E-state index is 5.69. The summed E-state index contributed by atoms with van der Waals surface area (Å²) in [4.78, 5) is 0. The highest BCUT2D eigenvalue weighted by atomic mass is 79.9. The van der Waals surface area contributed by atoms with E-state index in [1.54, 1.807) is 6.26 Å². The largest absolute Gasteiger partial charge is 0.466 e. The van der Waals surface area contributed by atoms with Crippen LogP contribution in [0.2, 0.25) is 0 Å². The first kappa shape index (κ1) is 13.4. The lowest BCUT2D eigenvalue weighted by atomic mass is 9.98. The van der Waals surface area contributed by atoms with Gasteiger partial charge in [0.2, 0.25) is 0 Å². The minimum Gasteiger partial charge on any atom is -0.466 e. The number of nitrogens with two attached hydrogens (primary N) is 1. The van der Waals surface area contributed by atoms with Crippen molar-refractivity contribution in [2.45, 2.75) is 12.5 Å². The molecule has 0 radical (unpaired) electrons. The minimum absolute atomic E-state index is 0.0646. The zero-order valence-corrected chi connectivity index (χ0v) is 12.4. The molecule has 0 aliphatic carbocycles. The smallest absolute Gasteiger partial charge is 0.136 e. The number of rotatable bonds is 4. The standard InChI is InChI=1S/C16H15BrN2O/c17-14-8-9-20-16(14)15(19-18)10-12-6-3-5-11-4-1-2-7-13(11)12/h1-9,15,19H,10,18H2. The van der Waals surface area contributed by atoms with Crippen LogP contribution in [-0.2, 0) is 6.42 Å². The minimum atomic E-state index is -0.0646. The molecular formula is C16H15BrN2O. The van der Waals surface area contributed by atoms with Gasteiger partial charge >= 0.3 is 0 Å². The third-order valence-electron chi connectivity index (χ3n) is 3.47. The Hall–Kier alpha value is -1.62. The molecule has 2 aromatic carbocycles. The Kier molecular flexibility index (Phi) is 3.87. The highest BCUT2D eigenvalue weighted by Crippen LogP contribution is 2.29. The molecule has 3 rings (SSSR count). The predicted molar refractivity (Wildman–Crippen MR) is 84.1 cm³/mol. The average Bonchev–Trinajstić information content (AvgIpc) is 2.91. The molecule has 1 aromatic heterocycles. The van der Waals surface area contributed by atoms with Crippen molar-refractivity contribution in [1.82, 2.24) is 5.43 Å². The third-order valence-corrected chi connectivity index (χ3v) is 4.12. The molecule has 0 spiro atoms. The fourth-order valence-corrected chi connectivity index (χ4v) is 2.95. The van der Waals surface area contributed by atoms with E-state index in [1.807, 2.05) is 12.1 Å². The normalized spacial score (nSPS) is 12.7. The summed E-state index contributed by atoms with van der Waals surface area (Å²) in [5, 5.41) is 2.48. The number of nitrogens with one attached hydrogen (secondary N) is 1. The van der Waals surface area contributed by atoms with Crippen LogP contribution in [0.1, 0.15) is 17.4 Å². The fourth-order valence-electron chi connectivity index (χ4n) is 2.47. The Morgan fingerprint density at radius 1 is 1.10 bits per heavy atom. The molecule has 4 heteroatoms. The van der Waals surface area contributed by atoms with Crippen molar-refractivity contribution < 1.29 is 4.42 Å². The number of furan rings is 1. The summed E-state index contributed by atoms with van der Waals surface area (Å²) in [5.74, 6) is 6.51. The number of halogens is 1. The molecule has 3 aromatic rings. The first-order chi connectivity index (χ1) is 9.79. The molecule has 3 N–H and O–H groups in total. The van der Waals surface area contributed by atoms with Gasteiger partial charge in [-0.3, -0.25) is 5.84 Å². The lowest BCUT2D eigenvalue weighted by Gasteiger charge is -2.15. The summed E-state index contributed by atoms with van der Waals surface area (Å²) in [6.45, 7) is 0.